The first-order valence-electron chi connectivity index (χ1n) is 8.14. The van der Waals surface area contributed by atoms with Crippen LogP contribution in [0.15, 0.2) is 30.3 Å². The topological polar surface area (TPSA) is 3.24 Å². The summed E-state index contributed by atoms with van der Waals surface area (Å²) >= 11 is 0. The molecule has 1 aliphatic rings. The number of nitrogens with zero attached hydrogens (tertiary/aromatic N) is 1. The van der Waals surface area contributed by atoms with Crippen molar-refractivity contribution >= 4 is 0 Å². The van der Waals surface area contributed by atoms with Crippen molar-refractivity contribution in [3.05, 3.63) is 35.9 Å². The highest BCUT2D eigenvalue weighted by atomic mass is 15.1. The molecule has 0 aromatic heterocycles. The van der Waals surface area contributed by atoms with Crippen molar-refractivity contribution in [2.24, 2.45) is 5.92 Å². The number of benzene rings is 1. The summed E-state index contributed by atoms with van der Waals surface area (Å²) in [5, 5.41) is 0. The number of piperidine rings is 1. The Morgan fingerprint density at radius 2 is 1.74 bits per heavy atom. The maximum absolute atomic E-state index is 2.62. The van der Waals surface area contributed by atoms with E-state index in [4.69, 9.17) is 0 Å². The number of hydrogen-bond donors (Lipinski definition) is 0. The van der Waals surface area contributed by atoms with Crippen LogP contribution in [-0.2, 0) is 6.54 Å². The summed E-state index contributed by atoms with van der Waals surface area (Å²) in [5.41, 5.74) is 1.46. The third-order valence-corrected chi connectivity index (χ3v) is 4.42. The highest BCUT2D eigenvalue weighted by Gasteiger charge is 2.18. The van der Waals surface area contributed by atoms with Gasteiger partial charge in [-0.05, 0) is 37.4 Å². The Bertz CT molecular complexity index is 325. The molecular weight excluding hydrogens is 230 g/mol. The van der Waals surface area contributed by atoms with Gasteiger partial charge in [-0.1, -0.05) is 69.4 Å². The Labute approximate surface area is 119 Å². The molecule has 0 atom stereocenters. The van der Waals surface area contributed by atoms with Crippen molar-refractivity contribution in [2.45, 2.75) is 58.4 Å². The van der Waals surface area contributed by atoms with Gasteiger partial charge < -0.3 is 0 Å². The van der Waals surface area contributed by atoms with Crippen LogP contribution in [0.4, 0.5) is 0 Å². The number of unbranched alkanes of at least 4 members (excludes halogenated alkanes) is 3. The van der Waals surface area contributed by atoms with Gasteiger partial charge in [0.25, 0.3) is 0 Å². The van der Waals surface area contributed by atoms with Gasteiger partial charge in [0.2, 0.25) is 0 Å². The van der Waals surface area contributed by atoms with Crippen LogP contribution in [0, 0.1) is 5.92 Å². The molecule has 0 aliphatic carbocycles. The van der Waals surface area contributed by atoms with Gasteiger partial charge in [0.15, 0.2) is 0 Å². The van der Waals surface area contributed by atoms with Gasteiger partial charge in [-0.3, -0.25) is 4.90 Å². The molecule has 0 saturated carbocycles. The van der Waals surface area contributed by atoms with E-state index in [1.165, 1.54) is 63.6 Å². The summed E-state index contributed by atoms with van der Waals surface area (Å²) in [6, 6.07) is 10.9. The Balaban J connectivity index is 1.62. The molecule has 19 heavy (non-hydrogen) atoms. The standard InChI is InChI=1S/C18H29N/c1-2-3-4-6-9-17-12-14-19(15-13-17)16-18-10-7-5-8-11-18/h5,7-8,10-11,17H,2-4,6,9,12-16H2,1H3. The summed E-state index contributed by atoms with van der Waals surface area (Å²) in [4.78, 5) is 2.62. The molecule has 1 nitrogen and oxygen atoms in total. The fraction of sp³-hybridized carbons (Fsp3) is 0.667. The largest absolute Gasteiger partial charge is 0.299 e. The molecule has 1 aliphatic heterocycles. The van der Waals surface area contributed by atoms with Gasteiger partial charge in [0, 0.05) is 6.54 Å². The maximum Gasteiger partial charge on any atom is 0.0233 e. The van der Waals surface area contributed by atoms with Gasteiger partial charge in [0.1, 0.15) is 0 Å². The quantitative estimate of drug-likeness (QED) is 0.631. The number of rotatable bonds is 7. The molecule has 0 unspecified atom stereocenters. The van der Waals surface area contributed by atoms with Crippen molar-refractivity contribution in [3.63, 3.8) is 0 Å². The fourth-order valence-electron chi connectivity index (χ4n) is 3.13. The van der Waals surface area contributed by atoms with Gasteiger partial charge in [-0.25, -0.2) is 0 Å². The molecule has 1 aromatic carbocycles. The molecule has 0 radical (unpaired) electrons. The van der Waals surface area contributed by atoms with Crippen LogP contribution in [0.2, 0.25) is 0 Å². The number of likely N-dealkylation sites (tertiary alicyclic amines) is 1. The Morgan fingerprint density at radius 3 is 2.42 bits per heavy atom. The first-order chi connectivity index (χ1) is 9.38. The second kappa shape index (κ2) is 8.37. The zero-order chi connectivity index (χ0) is 13.3. The van der Waals surface area contributed by atoms with E-state index in [0.717, 1.165) is 12.5 Å². The van der Waals surface area contributed by atoms with Crippen LogP contribution in [0.25, 0.3) is 0 Å². The van der Waals surface area contributed by atoms with Gasteiger partial charge in [-0.2, -0.15) is 0 Å². The SMILES string of the molecule is CCCCCCC1CCN(Cc2ccccc2)CC1. The van der Waals surface area contributed by atoms with Crippen molar-refractivity contribution in [1.29, 1.82) is 0 Å². The van der Waals surface area contributed by atoms with E-state index in [9.17, 15) is 0 Å². The first kappa shape index (κ1) is 14.6. The molecule has 0 N–H and O–H groups in total. The third-order valence-electron chi connectivity index (χ3n) is 4.42. The first-order valence-corrected chi connectivity index (χ1v) is 8.14. The summed E-state index contributed by atoms with van der Waals surface area (Å²) in [5.74, 6) is 1.00. The highest BCUT2D eigenvalue weighted by Crippen LogP contribution is 2.24. The Morgan fingerprint density at radius 1 is 1.00 bits per heavy atom. The van der Waals surface area contributed by atoms with Crippen LogP contribution in [0.1, 0.15) is 57.4 Å². The fourth-order valence-corrected chi connectivity index (χ4v) is 3.13. The molecule has 0 bridgehead atoms. The van der Waals surface area contributed by atoms with Gasteiger partial charge in [0.05, 0.1) is 0 Å². The number of hydrogen-bond acceptors (Lipinski definition) is 1. The average molecular weight is 259 g/mol. The van der Waals surface area contributed by atoms with E-state index in [2.05, 4.69) is 42.2 Å². The minimum Gasteiger partial charge on any atom is -0.299 e. The second-order valence-corrected chi connectivity index (χ2v) is 6.05. The predicted octanol–water partition coefficient (Wildman–Crippen LogP) is 4.87. The Kier molecular flexibility index (Phi) is 6.43. The summed E-state index contributed by atoms with van der Waals surface area (Å²) in [7, 11) is 0. The summed E-state index contributed by atoms with van der Waals surface area (Å²) in [6.07, 6.45) is 9.98. The van der Waals surface area contributed by atoms with Gasteiger partial charge >= 0.3 is 0 Å². The molecule has 2 rings (SSSR count). The third kappa shape index (κ3) is 5.36. The molecule has 1 saturated heterocycles. The molecular formula is C18H29N. The summed E-state index contributed by atoms with van der Waals surface area (Å²) in [6.45, 7) is 6.03. The maximum atomic E-state index is 2.62. The van der Waals surface area contributed by atoms with Crippen LogP contribution >= 0.6 is 0 Å². The van der Waals surface area contributed by atoms with Crippen molar-refractivity contribution < 1.29 is 0 Å². The van der Waals surface area contributed by atoms with Crippen LogP contribution in [0.5, 0.6) is 0 Å². The second-order valence-electron chi connectivity index (χ2n) is 6.05. The van der Waals surface area contributed by atoms with E-state index in [0.29, 0.717) is 0 Å². The van der Waals surface area contributed by atoms with Crippen LogP contribution in [0.3, 0.4) is 0 Å². The Hall–Kier alpha value is -0.820. The lowest BCUT2D eigenvalue weighted by molar-refractivity contribution is 0.170. The molecule has 1 fully saturated rings. The normalized spacial score (nSPS) is 17.7. The van der Waals surface area contributed by atoms with Crippen LogP contribution in [-0.4, -0.2) is 18.0 Å². The van der Waals surface area contributed by atoms with Crippen molar-refractivity contribution in [3.8, 4) is 0 Å². The lowest BCUT2D eigenvalue weighted by atomic mass is 9.91. The molecule has 1 aromatic rings. The molecule has 106 valence electrons. The van der Waals surface area contributed by atoms with E-state index in [1.54, 1.807) is 0 Å². The van der Waals surface area contributed by atoms with Crippen LogP contribution < -0.4 is 0 Å². The molecule has 0 spiro atoms. The zero-order valence-corrected chi connectivity index (χ0v) is 12.5. The molecule has 0 amide bonds. The van der Waals surface area contributed by atoms with Crippen molar-refractivity contribution in [1.82, 2.24) is 4.90 Å². The van der Waals surface area contributed by atoms with Gasteiger partial charge in [-0.15, -0.1) is 0 Å². The summed E-state index contributed by atoms with van der Waals surface area (Å²) < 4.78 is 0. The molecule has 1 heterocycles. The zero-order valence-electron chi connectivity index (χ0n) is 12.5. The van der Waals surface area contributed by atoms with Crippen molar-refractivity contribution in [2.75, 3.05) is 13.1 Å². The minimum absolute atomic E-state index is 1.00. The lowest BCUT2D eigenvalue weighted by Crippen LogP contribution is -2.33. The highest BCUT2D eigenvalue weighted by molar-refractivity contribution is 5.14. The minimum atomic E-state index is 1.00. The van der Waals surface area contributed by atoms with E-state index in [-0.39, 0.29) is 0 Å². The van der Waals surface area contributed by atoms with E-state index in [1.807, 2.05) is 0 Å². The van der Waals surface area contributed by atoms with E-state index >= 15 is 0 Å². The monoisotopic (exact) mass is 259 g/mol. The smallest absolute Gasteiger partial charge is 0.0233 e. The predicted molar refractivity (Wildman–Crippen MR) is 83.2 cm³/mol. The lowest BCUT2D eigenvalue weighted by Gasteiger charge is -2.32. The molecule has 1 heteroatoms. The van der Waals surface area contributed by atoms with E-state index < -0.39 is 0 Å². The average Bonchev–Trinajstić information content (AvgIpc) is 2.46.